The van der Waals surface area contributed by atoms with Crippen LogP contribution in [0.2, 0.25) is 0 Å². The van der Waals surface area contributed by atoms with Gasteiger partial charge in [-0.3, -0.25) is 9.69 Å². The maximum absolute atomic E-state index is 13.0. The van der Waals surface area contributed by atoms with Gasteiger partial charge in [-0.05, 0) is 47.4 Å². The van der Waals surface area contributed by atoms with Crippen molar-refractivity contribution in [3.05, 3.63) is 83.2 Å². The predicted octanol–water partition coefficient (Wildman–Crippen LogP) is 3.87. The normalized spacial score (nSPS) is 16.3. The summed E-state index contributed by atoms with van der Waals surface area (Å²) in [5.41, 5.74) is 4.30. The van der Waals surface area contributed by atoms with E-state index >= 15 is 0 Å². The van der Waals surface area contributed by atoms with Gasteiger partial charge in [-0.25, -0.2) is 0 Å². The van der Waals surface area contributed by atoms with Crippen molar-refractivity contribution in [1.29, 1.82) is 0 Å². The van der Waals surface area contributed by atoms with Gasteiger partial charge in [-0.2, -0.15) is 0 Å². The first-order chi connectivity index (χ1) is 14.1. The maximum Gasteiger partial charge on any atom is 0.193 e. The van der Waals surface area contributed by atoms with Gasteiger partial charge in [0, 0.05) is 19.8 Å². The molecule has 1 atom stereocenters. The van der Waals surface area contributed by atoms with Crippen molar-refractivity contribution in [2.75, 3.05) is 27.3 Å². The lowest BCUT2D eigenvalue weighted by atomic mass is 9.87. The zero-order valence-corrected chi connectivity index (χ0v) is 17.1. The lowest BCUT2D eigenvalue weighted by Crippen LogP contribution is -2.39. The van der Waals surface area contributed by atoms with E-state index in [1.54, 1.807) is 14.2 Å². The number of methoxy groups -OCH3 is 2. The molecule has 0 saturated heterocycles. The second-order valence-electron chi connectivity index (χ2n) is 7.37. The van der Waals surface area contributed by atoms with Crippen LogP contribution in [0, 0.1) is 0 Å². The first kappa shape index (κ1) is 19.3. The number of carbonyl (C=O) groups excluding carboxylic acids is 1. The Morgan fingerprint density at radius 3 is 2.41 bits per heavy atom. The average molecular weight is 390 g/mol. The summed E-state index contributed by atoms with van der Waals surface area (Å²) in [6.07, 6.45) is 2.77. The van der Waals surface area contributed by atoms with Crippen LogP contribution in [0.5, 0.6) is 11.5 Å². The van der Waals surface area contributed by atoms with E-state index in [1.807, 2.05) is 48.1 Å². The molecule has 3 aromatic rings. The lowest BCUT2D eigenvalue weighted by Gasteiger charge is -2.37. The number of ketones is 1. The molecule has 4 rings (SSSR count). The highest BCUT2D eigenvalue weighted by Gasteiger charge is 2.31. The van der Waals surface area contributed by atoms with E-state index in [2.05, 4.69) is 29.2 Å². The van der Waals surface area contributed by atoms with E-state index < -0.39 is 0 Å². The molecule has 0 radical (unpaired) electrons. The fourth-order valence-corrected chi connectivity index (χ4v) is 4.21. The van der Waals surface area contributed by atoms with Crippen molar-refractivity contribution in [3.8, 4) is 11.5 Å². The van der Waals surface area contributed by atoms with Gasteiger partial charge in [-0.15, -0.1) is 0 Å². The SMILES string of the molecule is COc1cc2c(cc1OC)C(c1ccccc1)N(CC(=O)c1cccn1C)CC2. The Bertz CT molecular complexity index is 1010. The second-order valence-corrected chi connectivity index (χ2v) is 7.37. The van der Waals surface area contributed by atoms with Crippen molar-refractivity contribution in [2.45, 2.75) is 12.5 Å². The van der Waals surface area contributed by atoms with Gasteiger partial charge >= 0.3 is 0 Å². The molecule has 1 aromatic heterocycles. The van der Waals surface area contributed by atoms with Gasteiger partial charge in [-0.1, -0.05) is 30.3 Å². The van der Waals surface area contributed by atoms with Gasteiger partial charge in [0.05, 0.1) is 32.5 Å². The molecule has 0 aliphatic carbocycles. The molecule has 2 heterocycles. The number of benzene rings is 2. The molecule has 0 amide bonds. The Morgan fingerprint density at radius 1 is 1.03 bits per heavy atom. The summed E-state index contributed by atoms with van der Waals surface area (Å²) in [6.45, 7) is 1.17. The topological polar surface area (TPSA) is 43.7 Å². The van der Waals surface area contributed by atoms with Crippen molar-refractivity contribution in [1.82, 2.24) is 9.47 Å². The molecule has 29 heavy (non-hydrogen) atoms. The third-order valence-corrected chi connectivity index (χ3v) is 5.66. The van der Waals surface area contributed by atoms with Crippen LogP contribution in [0.1, 0.15) is 33.2 Å². The molecular weight excluding hydrogens is 364 g/mol. The molecule has 5 heteroatoms. The number of aromatic nitrogens is 1. The standard InChI is InChI=1S/C24H26N2O3/c1-25-12-7-10-20(25)21(27)16-26-13-11-18-14-22(28-2)23(29-3)15-19(18)24(26)17-8-5-4-6-9-17/h4-10,12,14-15,24H,11,13,16H2,1-3H3. The van der Waals surface area contributed by atoms with Gasteiger partial charge in [0.25, 0.3) is 0 Å². The molecule has 150 valence electrons. The molecule has 2 aromatic carbocycles. The first-order valence-corrected chi connectivity index (χ1v) is 9.80. The van der Waals surface area contributed by atoms with Gasteiger partial charge in [0.2, 0.25) is 0 Å². The quantitative estimate of drug-likeness (QED) is 0.600. The van der Waals surface area contributed by atoms with E-state index in [4.69, 9.17) is 9.47 Å². The highest BCUT2D eigenvalue weighted by molar-refractivity contribution is 5.96. The number of carbonyl (C=O) groups is 1. The fraction of sp³-hybridized carbons (Fsp3) is 0.292. The number of hydrogen-bond donors (Lipinski definition) is 0. The molecule has 1 aliphatic heterocycles. The van der Waals surface area contributed by atoms with E-state index in [-0.39, 0.29) is 11.8 Å². The minimum atomic E-state index is -0.0102. The molecular formula is C24H26N2O3. The average Bonchev–Trinajstić information content (AvgIpc) is 3.19. The summed E-state index contributed by atoms with van der Waals surface area (Å²) < 4.78 is 12.9. The largest absolute Gasteiger partial charge is 0.493 e. The molecule has 5 nitrogen and oxygen atoms in total. The number of Topliss-reactive ketones (excluding diaryl/α,β-unsaturated/α-hetero) is 1. The van der Waals surface area contributed by atoms with Crippen LogP contribution in [0.25, 0.3) is 0 Å². The Morgan fingerprint density at radius 2 is 1.76 bits per heavy atom. The van der Waals surface area contributed by atoms with Crippen LogP contribution in [-0.4, -0.2) is 42.6 Å². The highest BCUT2D eigenvalue weighted by Crippen LogP contribution is 2.40. The first-order valence-electron chi connectivity index (χ1n) is 9.80. The summed E-state index contributed by atoms with van der Waals surface area (Å²) >= 11 is 0. The summed E-state index contributed by atoms with van der Waals surface area (Å²) in [5.74, 6) is 1.58. The summed E-state index contributed by atoms with van der Waals surface area (Å²) in [6, 6.07) is 18.3. The van der Waals surface area contributed by atoms with Crippen molar-refractivity contribution in [2.24, 2.45) is 7.05 Å². The van der Waals surface area contributed by atoms with Crippen LogP contribution < -0.4 is 9.47 Å². The van der Waals surface area contributed by atoms with Crippen LogP contribution in [-0.2, 0) is 13.5 Å². The smallest absolute Gasteiger partial charge is 0.193 e. The fourth-order valence-electron chi connectivity index (χ4n) is 4.21. The van der Waals surface area contributed by atoms with Gasteiger partial charge < -0.3 is 14.0 Å². The lowest BCUT2D eigenvalue weighted by molar-refractivity contribution is 0.0892. The molecule has 1 aliphatic rings. The van der Waals surface area contributed by atoms with Gasteiger partial charge in [0.1, 0.15) is 0 Å². The van der Waals surface area contributed by atoms with Crippen LogP contribution in [0.3, 0.4) is 0 Å². The predicted molar refractivity (Wildman–Crippen MR) is 113 cm³/mol. The third-order valence-electron chi connectivity index (χ3n) is 5.66. The zero-order valence-electron chi connectivity index (χ0n) is 17.1. The number of hydrogen-bond acceptors (Lipinski definition) is 4. The Labute approximate surface area is 171 Å². The van der Waals surface area contributed by atoms with Crippen LogP contribution >= 0.6 is 0 Å². The number of rotatable bonds is 6. The molecule has 1 unspecified atom stereocenters. The number of nitrogens with zero attached hydrogens (tertiary/aromatic N) is 2. The van der Waals surface area contributed by atoms with E-state index in [1.165, 1.54) is 16.7 Å². The second kappa shape index (κ2) is 8.13. The Kier molecular flexibility index (Phi) is 5.41. The van der Waals surface area contributed by atoms with E-state index in [0.29, 0.717) is 12.3 Å². The monoisotopic (exact) mass is 390 g/mol. The summed E-state index contributed by atoms with van der Waals surface area (Å²) in [4.78, 5) is 15.3. The van der Waals surface area contributed by atoms with E-state index in [0.717, 1.165) is 24.4 Å². The van der Waals surface area contributed by atoms with Crippen LogP contribution in [0.15, 0.2) is 60.8 Å². The molecule has 0 saturated carbocycles. The van der Waals surface area contributed by atoms with Crippen molar-refractivity contribution < 1.29 is 14.3 Å². The molecule has 0 spiro atoms. The zero-order chi connectivity index (χ0) is 20.4. The highest BCUT2D eigenvalue weighted by atomic mass is 16.5. The Hall–Kier alpha value is -3.05. The minimum absolute atomic E-state index is 0.0102. The molecule has 0 bridgehead atoms. The molecule has 0 fully saturated rings. The summed E-state index contributed by atoms with van der Waals surface area (Å²) in [7, 11) is 5.22. The Balaban J connectivity index is 1.75. The van der Waals surface area contributed by atoms with Gasteiger partial charge in [0.15, 0.2) is 17.3 Å². The van der Waals surface area contributed by atoms with E-state index in [9.17, 15) is 4.79 Å². The number of aryl methyl sites for hydroxylation is 1. The minimum Gasteiger partial charge on any atom is -0.493 e. The molecule has 0 N–H and O–H groups in total. The summed E-state index contributed by atoms with van der Waals surface area (Å²) in [5, 5.41) is 0. The van der Waals surface area contributed by atoms with Crippen molar-refractivity contribution >= 4 is 5.78 Å². The third kappa shape index (κ3) is 3.66. The number of fused-ring (bicyclic) bond motifs is 1. The van der Waals surface area contributed by atoms with Crippen molar-refractivity contribution in [3.63, 3.8) is 0 Å². The van der Waals surface area contributed by atoms with Crippen LogP contribution in [0.4, 0.5) is 0 Å². The number of ether oxygens (including phenoxy) is 2. The maximum atomic E-state index is 13.0.